The van der Waals surface area contributed by atoms with Crippen LogP contribution < -0.4 is 15.8 Å². The second kappa shape index (κ2) is 10.5. The normalized spacial score (nSPS) is 16.3. The molecule has 10 heteroatoms. The number of carbonyl (C=O) groups excluding carboxylic acids is 2. The first kappa shape index (κ1) is 25.1. The summed E-state index contributed by atoms with van der Waals surface area (Å²) in [7, 11) is 0. The van der Waals surface area contributed by atoms with Gasteiger partial charge >= 0.3 is 0 Å². The number of ether oxygens (including phenoxy) is 1. The number of nitrogens with two attached hydrogens (primary N) is 1. The zero-order valence-electron chi connectivity index (χ0n) is 20.4. The number of anilines is 2. The van der Waals surface area contributed by atoms with Crippen LogP contribution in [-0.4, -0.2) is 45.9 Å². The number of halogens is 2. The van der Waals surface area contributed by atoms with Crippen LogP contribution in [0.2, 0.25) is 0 Å². The number of aromatic nitrogens is 2. The van der Waals surface area contributed by atoms with Gasteiger partial charge in [0.1, 0.15) is 31.1 Å². The largest absolute Gasteiger partial charge is 0.485 e. The van der Waals surface area contributed by atoms with Gasteiger partial charge in [-0.15, -0.1) is 6.42 Å². The molecule has 5 rings (SSSR count). The molecule has 1 aliphatic heterocycles. The number of benzene rings is 2. The van der Waals surface area contributed by atoms with Crippen molar-refractivity contribution >= 4 is 23.3 Å². The maximum absolute atomic E-state index is 14.7. The van der Waals surface area contributed by atoms with Crippen LogP contribution in [0.1, 0.15) is 46.7 Å². The van der Waals surface area contributed by atoms with E-state index in [1.807, 2.05) is 0 Å². The molecule has 1 atom stereocenters. The van der Waals surface area contributed by atoms with Crippen molar-refractivity contribution in [1.29, 1.82) is 0 Å². The van der Waals surface area contributed by atoms with Crippen LogP contribution in [0.3, 0.4) is 0 Å². The lowest BCUT2D eigenvalue weighted by Crippen LogP contribution is -2.53. The number of likely N-dealkylation sites (tertiary alicyclic amines) is 1. The van der Waals surface area contributed by atoms with E-state index in [2.05, 4.69) is 21.2 Å². The first-order chi connectivity index (χ1) is 18.4. The van der Waals surface area contributed by atoms with Crippen molar-refractivity contribution in [2.24, 2.45) is 0 Å². The standard InChI is InChI=1S/C28H25F2N5O3/c1-2-24(36)35-8-7-21(35)14-38-26-25(32-15-33-27(26)31)19-9-16(13-29)10-20(11-19)34-28(37)22-6-5-18(12-23(22)30)17-3-4-17/h1,5-6,9-12,15,17,21H,3-4,7-8,13-14H2,(H,34,37)(H2,31,32,33). The zero-order chi connectivity index (χ0) is 26.8. The summed E-state index contributed by atoms with van der Waals surface area (Å²) in [6.07, 6.45) is 9.21. The molecule has 38 heavy (non-hydrogen) atoms. The Morgan fingerprint density at radius 3 is 2.66 bits per heavy atom. The van der Waals surface area contributed by atoms with Gasteiger partial charge in [-0.05, 0) is 72.6 Å². The fraction of sp³-hybridized carbons (Fsp3) is 0.286. The topological polar surface area (TPSA) is 110 Å². The SMILES string of the molecule is C#CC(=O)N1CCC1COc1c(N)ncnc1-c1cc(CF)cc(NC(=O)c2ccc(C3CC3)cc2F)c1. The van der Waals surface area contributed by atoms with Crippen molar-refractivity contribution < 1.29 is 23.1 Å². The van der Waals surface area contributed by atoms with Crippen LogP contribution in [0.5, 0.6) is 5.75 Å². The van der Waals surface area contributed by atoms with E-state index >= 15 is 0 Å². The number of carbonyl (C=O) groups is 2. The molecule has 2 aliphatic rings. The van der Waals surface area contributed by atoms with Gasteiger partial charge in [0.15, 0.2) is 11.6 Å². The van der Waals surface area contributed by atoms with Gasteiger partial charge in [0.2, 0.25) is 0 Å². The highest BCUT2D eigenvalue weighted by Crippen LogP contribution is 2.40. The van der Waals surface area contributed by atoms with Crippen LogP contribution in [0, 0.1) is 18.2 Å². The average molecular weight is 518 g/mol. The summed E-state index contributed by atoms with van der Waals surface area (Å²) in [6.45, 7) is -0.167. The number of alkyl halides is 1. The van der Waals surface area contributed by atoms with E-state index in [1.165, 1.54) is 29.4 Å². The molecule has 1 saturated heterocycles. The molecule has 3 aromatic rings. The fourth-order valence-corrected chi connectivity index (χ4v) is 4.44. The number of nitrogen functional groups attached to an aromatic ring is 1. The van der Waals surface area contributed by atoms with Gasteiger partial charge in [-0.1, -0.05) is 6.07 Å². The first-order valence-corrected chi connectivity index (χ1v) is 12.2. The van der Waals surface area contributed by atoms with Gasteiger partial charge < -0.3 is 20.7 Å². The van der Waals surface area contributed by atoms with Crippen molar-refractivity contribution in [2.45, 2.75) is 37.9 Å². The van der Waals surface area contributed by atoms with Crippen molar-refractivity contribution in [2.75, 3.05) is 24.2 Å². The summed E-state index contributed by atoms with van der Waals surface area (Å²) in [5, 5.41) is 2.65. The van der Waals surface area contributed by atoms with Gasteiger partial charge in [0, 0.05) is 17.8 Å². The van der Waals surface area contributed by atoms with Crippen LogP contribution >= 0.6 is 0 Å². The third-order valence-electron chi connectivity index (χ3n) is 6.74. The molecule has 1 saturated carbocycles. The third kappa shape index (κ3) is 5.13. The Balaban J connectivity index is 1.39. The van der Waals surface area contributed by atoms with Crippen LogP contribution in [-0.2, 0) is 11.5 Å². The van der Waals surface area contributed by atoms with Gasteiger partial charge in [-0.2, -0.15) is 0 Å². The van der Waals surface area contributed by atoms with Gasteiger partial charge in [-0.25, -0.2) is 18.7 Å². The molecule has 2 aromatic carbocycles. The second-order valence-corrected chi connectivity index (χ2v) is 9.35. The van der Waals surface area contributed by atoms with Gasteiger partial charge in [0.25, 0.3) is 11.8 Å². The van der Waals surface area contributed by atoms with Crippen LogP contribution in [0.25, 0.3) is 11.3 Å². The summed E-state index contributed by atoms with van der Waals surface area (Å²) >= 11 is 0. The minimum absolute atomic E-state index is 0.0539. The Morgan fingerprint density at radius 1 is 1.18 bits per heavy atom. The van der Waals surface area contributed by atoms with Crippen molar-refractivity contribution in [3.63, 3.8) is 0 Å². The number of rotatable bonds is 8. The number of hydrogen-bond acceptors (Lipinski definition) is 6. The Labute approximate surface area is 218 Å². The predicted molar refractivity (Wildman–Crippen MR) is 137 cm³/mol. The molecular formula is C28H25F2N5O3. The number of amides is 2. The number of nitrogens with zero attached hydrogens (tertiary/aromatic N) is 3. The molecule has 3 N–H and O–H groups in total. The second-order valence-electron chi connectivity index (χ2n) is 9.35. The quantitative estimate of drug-likeness (QED) is 0.436. The van der Waals surface area contributed by atoms with Gasteiger partial charge in [0.05, 0.1) is 11.6 Å². The predicted octanol–water partition coefficient (Wildman–Crippen LogP) is 4.08. The lowest BCUT2D eigenvalue weighted by molar-refractivity contribution is -0.133. The van der Waals surface area contributed by atoms with E-state index in [0.29, 0.717) is 24.4 Å². The molecule has 8 nitrogen and oxygen atoms in total. The molecule has 194 valence electrons. The number of nitrogens with one attached hydrogen (secondary N) is 1. The molecule has 1 aliphatic carbocycles. The highest BCUT2D eigenvalue weighted by molar-refractivity contribution is 6.04. The molecule has 1 unspecified atom stereocenters. The maximum atomic E-state index is 14.7. The molecular weight excluding hydrogens is 492 g/mol. The molecule has 1 aromatic heterocycles. The molecule has 0 bridgehead atoms. The van der Waals surface area contributed by atoms with E-state index < -0.39 is 24.3 Å². The fourth-order valence-electron chi connectivity index (χ4n) is 4.44. The Morgan fingerprint density at radius 2 is 2.00 bits per heavy atom. The maximum Gasteiger partial charge on any atom is 0.298 e. The zero-order valence-corrected chi connectivity index (χ0v) is 20.4. The van der Waals surface area contributed by atoms with Crippen molar-refractivity contribution in [3.8, 4) is 29.4 Å². The Bertz CT molecular complexity index is 1450. The molecule has 2 heterocycles. The van der Waals surface area contributed by atoms with Crippen molar-refractivity contribution in [1.82, 2.24) is 14.9 Å². The van der Waals surface area contributed by atoms with E-state index in [1.54, 1.807) is 18.2 Å². The minimum Gasteiger partial charge on any atom is -0.485 e. The van der Waals surface area contributed by atoms with Gasteiger partial charge in [-0.3, -0.25) is 9.59 Å². The molecule has 0 radical (unpaired) electrons. The Kier molecular flexibility index (Phi) is 6.92. The summed E-state index contributed by atoms with van der Waals surface area (Å²) in [4.78, 5) is 34.5. The molecule has 0 spiro atoms. The van der Waals surface area contributed by atoms with Crippen LogP contribution in [0.4, 0.5) is 20.3 Å². The Hall–Kier alpha value is -4.52. The highest BCUT2D eigenvalue weighted by Gasteiger charge is 2.32. The van der Waals surface area contributed by atoms with E-state index in [0.717, 1.165) is 18.4 Å². The highest BCUT2D eigenvalue weighted by atomic mass is 19.1. The summed E-state index contributed by atoms with van der Waals surface area (Å²) in [5.74, 6) is 0.967. The third-order valence-corrected chi connectivity index (χ3v) is 6.74. The number of hydrogen-bond donors (Lipinski definition) is 2. The minimum atomic E-state index is -0.816. The van der Waals surface area contributed by atoms with E-state index in [9.17, 15) is 18.4 Å². The van der Waals surface area contributed by atoms with Crippen molar-refractivity contribution in [3.05, 3.63) is 65.2 Å². The number of terminal acetylenes is 1. The molecule has 2 amide bonds. The average Bonchev–Trinajstić information content (AvgIpc) is 3.74. The lowest BCUT2D eigenvalue weighted by Gasteiger charge is -2.39. The van der Waals surface area contributed by atoms with Crippen LogP contribution in [0.15, 0.2) is 42.7 Å². The van der Waals surface area contributed by atoms with E-state index in [4.69, 9.17) is 16.9 Å². The summed E-state index contributed by atoms with van der Waals surface area (Å²) in [6, 6.07) is 8.97. The van der Waals surface area contributed by atoms with E-state index in [-0.39, 0.29) is 46.7 Å². The lowest BCUT2D eigenvalue weighted by atomic mass is 10.0. The summed E-state index contributed by atoms with van der Waals surface area (Å²) in [5.41, 5.74) is 8.04. The summed E-state index contributed by atoms with van der Waals surface area (Å²) < 4.78 is 34.4. The monoisotopic (exact) mass is 517 g/mol. The first-order valence-electron chi connectivity index (χ1n) is 12.2. The molecule has 2 fully saturated rings. The smallest absolute Gasteiger partial charge is 0.298 e.